The smallest absolute Gasteiger partial charge is 0.258 e. The molecule has 6 nitrogen and oxygen atoms in total. The number of fused-ring (bicyclic) bond motifs is 1. The Labute approximate surface area is 174 Å². The summed E-state index contributed by atoms with van der Waals surface area (Å²) in [6.45, 7) is 2.67. The molecule has 1 N–H and O–H groups in total. The quantitative estimate of drug-likeness (QED) is 0.609. The molecule has 1 aliphatic heterocycles. The first-order valence-electron chi connectivity index (χ1n) is 9.31. The largest absolute Gasteiger partial charge is 0.491 e. The molecule has 1 amide bonds. The third-order valence-electron chi connectivity index (χ3n) is 4.78. The fourth-order valence-electron chi connectivity index (χ4n) is 3.50. The van der Waals surface area contributed by atoms with E-state index < -0.39 is 6.17 Å². The molecule has 0 spiro atoms. The molecule has 0 saturated carbocycles. The standard InChI is InChI=1S/C22H21ClN2O4/c1-3-28-19-12-14(11-17(23)20(19)27-2)21-24-18-9-5-4-8-16(18)22(26)25(21)13-15-7-6-10-29-15/h4-12,21,24H,3,13H2,1-2H3/t21-/m0/s1. The van der Waals surface area contributed by atoms with E-state index >= 15 is 0 Å². The van der Waals surface area contributed by atoms with E-state index in [0.29, 0.717) is 41.0 Å². The lowest BCUT2D eigenvalue weighted by atomic mass is 10.0. The average molecular weight is 413 g/mol. The summed E-state index contributed by atoms with van der Waals surface area (Å²) in [5, 5.41) is 3.86. The monoisotopic (exact) mass is 412 g/mol. The zero-order valence-corrected chi connectivity index (χ0v) is 16.9. The molecule has 0 radical (unpaired) electrons. The van der Waals surface area contributed by atoms with Crippen LogP contribution in [0.1, 0.15) is 34.8 Å². The Morgan fingerprint density at radius 1 is 1.21 bits per heavy atom. The molecule has 29 heavy (non-hydrogen) atoms. The molecule has 0 bridgehead atoms. The number of nitrogens with one attached hydrogen (secondary N) is 1. The van der Waals surface area contributed by atoms with Crippen LogP contribution in [0.2, 0.25) is 5.02 Å². The summed E-state index contributed by atoms with van der Waals surface area (Å²) in [5.74, 6) is 1.60. The minimum Gasteiger partial charge on any atom is -0.491 e. The van der Waals surface area contributed by atoms with Crippen LogP contribution < -0.4 is 14.8 Å². The number of nitrogens with zero attached hydrogens (tertiary/aromatic N) is 1. The number of carbonyl (C=O) groups excluding carboxylic acids is 1. The van der Waals surface area contributed by atoms with Gasteiger partial charge in [0.05, 0.1) is 37.1 Å². The molecular formula is C22H21ClN2O4. The Morgan fingerprint density at radius 2 is 2.03 bits per heavy atom. The number of ether oxygens (including phenoxy) is 2. The molecule has 4 rings (SSSR count). The van der Waals surface area contributed by atoms with Gasteiger partial charge in [0.25, 0.3) is 5.91 Å². The molecule has 0 saturated heterocycles. The van der Waals surface area contributed by atoms with Crippen molar-refractivity contribution in [2.24, 2.45) is 0 Å². The van der Waals surface area contributed by atoms with E-state index in [0.717, 1.165) is 11.3 Å². The Balaban J connectivity index is 1.80. The fourth-order valence-corrected chi connectivity index (χ4v) is 3.79. The van der Waals surface area contributed by atoms with Crippen molar-refractivity contribution >= 4 is 23.2 Å². The Morgan fingerprint density at radius 3 is 2.76 bits per heavy atom. The number of methoxy groups -OCH3 is 1. The number of anilines is 1. The van der Waals surface area contributed by atoms with Crippen molar-refractivity contribution in [3.05, 3.63) is 76.7 Å². The van der Waals surface area contributed by atoms with Gasteiger partial charge in [-0.3, -0.25) is 4.79 Å². The minimum absolute atomic E-state index is 0.0920. The highest BCUT2D eigenvalue weighted by molar-refractivity contribution is 6.32. The highest BCUT2D eigenvalue weighted by Gasteiger charge is 2.34. The number of furan rings is 1. The van der Waals surface area contributed by atoms with E-state index in [4.69, 9.17) is 25.5 Å². The van der Waals surface area contributed by atoms with Crippen LogP contribution in [0.3, 0.4) is 0 Å². The molecule has 2 aromatic carbocycles. The maximum Gasteiger partial charge on any atom is 0.258 e. The van der Waals surface area contributed by atoms with E-state index in [1.54, 1.807) is 30.4 Å². The minimum atomic E-state index is -0.454. The maximum absolute atomic E-state index is 13.3. The Kier molecular flexibility index (Phi) is 5.36. The molecule has 1 aromatic heterocycles. The van der Waals surface area contributed by atoms with Crippen molar-refractivity contribution in [1.82, 2.24) is 4.90 Å². The van der Waals surface area contributed by atoms with Crippen LogP contribution in [0.15, 0.2) is 59.2 Å². The molecule has 0 unspecified atom stereocenters. The summed E-state index contributed by atoms with van der Waals surface area (Å²) in [6.07, 6.45) is 1.14. The second kappa shape index (κ2) is 8.09. The summed E-state index contributed by atoms with van der Waals surface area (Å²) in [7, 11) is 1.55. The second-order valence-corrected chi connectivity index (χ2v) is 6.98. The van der Waals surface area contributed by atoms with Crippen molar-refractivity contribution in [3.63, 3.8) is 0 Å². The molecule has 7 heteroatoms. The van der Waals surface area contributed by atoms with Gasteiger partial charge in [-0.25, -0.2) is 0 Å². The Hall–Kier alpha value is -3.12. The number of halogens is 1. The first-order valence-corrected chi connectivity index (χ1v) is 9.69. The van der Waals surface area contributed by atoms with Crippen LogP contribution in [-0.2, 0) is 6.54 Å². The van der Waals surface area contributed by atoms with Crippen molar-refractivity contribution in [2.75, 3.05) is 19.0 Å². The first kappa shape index (κ1) is 19.2. The van der Waals surface area contributed by atoms with E-state index in [9.17, 15) is 4.79 Å². The fraction of sp³-hybridized carbons (Fsp3) is 0.227. The lowest BCUT2D eigenvalue weighted by Crippen LogP contribution is -2.42. The van der Waals surface area contributed by atoms with Crippen molar-refractivity contribution in [3.8, 4) is 11.5 Å². The predicted octanol–water partition coefficient (Wildman–Crippen LogP) is 5.11. The third-order valence-corrected chi connectivity index (χ3v) is 5.06. The SMILES string of the molecule is CCOc1cc([C@H]2Nc3ccccc3C(=O)N2Cc2ccco2)cc(Cl)c1OC. The van der Waals surface area contributed by atoms with Gasteiger partial charge in [0, 0.05) is 11.3 Å². The maximum atomic E-state index is 13.3. The second-order valence-electron chi connectivity index (χ2n) is 6.57. The summed E-state index contributed by atoms with van der Waals surface area (Å²) in [6, 6.07) is 14.7. The van der Waals surface area contributed by atoms with Gasteiger partial charge >= 0.3 is 0 Å². The molecule has 1 atom stereocenters. The molecule has 1 aliphatic rings. The zero-order valence-electron chi connectivity index (χ0n) is 16.1. The van der Waals surface area contributed by atoms with Crippen LogP contribution in [0.25, 0.3) is 0 Å². The number of benzene rings is 2. The topological polar surface area (TPSA) is 63.9 Å². The van der Waals surface area contributed by atoms with Crippen LogP contribution in [0.5, 0.6) is 11.5 Å². The summed E-state index contributed by atoms with van der Waals surface area (Å²) >= 11 is 6.46. The van der Waals surface area contributed by atoms with E-state index in [1.165, 1.54) is 0 Å². The molecule has 150 valence electrons. The first-order chi connectivity index (χ1) is 14.1. The van der Waals surface area contributed by atoms with Gasteiger partial charge in [-0.1, -0.05) is 23.7 Å². The van der Waals surface area contributed by atoms with Gasteiger partial charge in [-0.2, -0.15) is 0 Å². The normalized spacial score (nSPS) is 15.6. The predicted molar refractivity (Wildman–Crippen MR) is 111 cm³/mol. The van der Waals surface area contributed by atoms with Gasteiger partial charge in [-0.15, -0.1) is 0 Å². The number of hydrogen-bond donors (Lipinski definition) is 1. The van der Waals surface area contributed by atoms with Crippen LogP contribution in [0, 0.1) is 0 Å². The van der Waals surface area contributed by atoms with Crippen molar-refractivity contribution in [1.29, 1.82) is 0 Å². The highest BCUT2D eigenvalue weighted by Crippen LogP contribution is 2.41. The Bertz CT molecular complexity index is 1020. The molecule has 2 heterocycles. The summed E-state index contributed by atoms with van der Waals surface area (Å²) < 4.78 is 16.6. The number of amides is 1. The molecule has 0 fully saturated rings. The average Bonchev–Trinajstić information content (AvgIpc) is 3.23. The van der Waals surface area contributed by atoms with E-state index in [-0.39, 0.29) is 5.91 Å². The van der Waals surface area contributed by atoms with Crippen LogP contribution in [0.4, 0.5) is 5.69 Å². The lowest BCUT2D eigenvalue weighted by molar-refractivity contribution is 0.0651. The van der Waals surface area contributed by atoms with Crippen molar-refractivity contribution in [2.45, 2.75) is 19.6 Å². The zero-order chi connectivity index (χ0) is 20.4. The van der Waals surface area contributed by atoms with Gasteiger partial charge in [0.1, 0.15) is 11.9 Å². The van der Waals surface area contributed by atoms with Gasteiger partial charge < -0.3 is 24.1 Å². The van der Waals surface area contributed by atoms with Gasteiger partial charge in [-0.05, 0) is 43.3 Å². The molecule has 0 aliphatic carbocycles. The van der Waals surface area contributed by atoms with E-state index in [1.807, 2.05) is 43.3 Å². The number of hydrogen-bond acceptors (Lipinski definition) is 5. The van der Waals surface area contributed by atoms with Gasteiger partial charge in [0.2, 0.25) is 0 Å². The lowest BCUT2D eigenvalue weighted by Gasteiger charge is -2.38. The van der Waals surface area contributed by atoms with Crippen molar-refractivity contribution < 1.29 is 18.7 Å². The van der Waals surface area contributed by atoms with E-state index in [2.05, 4.69) is 5.32 Å². The number of rotatable bonds is 6. The molecular weight excluding hydrogens is 392 g/mol. The highest BCUT2D eigenvalue weighted by atomic mass is 35.5. The van der Waals surface area contributed by atoms with Gasteiger partial charge in [0.15, 0.2) is 11.5 Å². The number of carbonyl (C=O) groups is 1. The third kappa shape index (κ3) is 3.63. The van der Waals surface area contributed by atoms with Crippen LogP contribution in [-0.4, -0.2) is 24.5 Å². The summed E-state index contributed by atoms with van der Waals surface area (Å²) in [4.78, 5) is 15.0. The number of para-hydroxylation sites is 1. The van der Waals surface area contributed by atoms with Crippen LogP contribution >= 0.6 is 11.6 Å². The molecule has 3 aromatic rings. The summed E-state index contributed by atoms with van der Waals surface area (Å²) in [5.41, 5.74) is 2.16.